The number of ether oxygens (including phenoxy) is 1. The second kappa shape index (κ2) is 9.19. The molecule has 4 aromatic rings. The van der Waals surface area contributed by atoms with Crippen molar-refractivity contribution in [1.29, 1.82) is 0 Å². The Hall–Kier alpha value is -4.45. The van der Waals surface area contributed by atoms with Crippen molar-refractivity contribution in [3.8, 4) is 16.9 Å². The van der Waals surface area contributed by atoms with Crippen LogP contribution in [0.2, 0.25) is 0 Å². The number of ketones is 1. The van der Waals surface area contributed by atoms with Crippen molar-refractivity contribution < 1.29 is 14.3 Å². The van der Waals surface area contributed by atoms with Crippen LogP contribution in [0.4, 0.5) is 10.5 Å². The molecule has 1 fully saturated rings. The van der Waals surface area contributed by atoms with Gasteiger partial charge in [0.2, 0.25) is 0 Å². The van der Waals surface area contributed by atoms with E-state index in [1.807, 2.05) is 72.4 Å². The molecule has 6 heteroatoms. The molecular formula is C28H23N3O3. The lowest BCUT2D eigenvalue weighted by atomic mass is 10.0. The summed E-state index contributed by atoms with van der Waals surface area (Å²) < 4.78 is 6.83. The number of allylic oxidation sites excluding steroid dienone is 1. The van der Waals surface area contributed by atoms with E-state index in [1.54, 1.807) is 36.4 Å². The van der Waals surface area contributed by atoms with Crippen molar-refractivity contribution in [3.63, 3.8) is 0 Å². The lowest BCUT2D eigenvalue weighted by molar-refractivity contribution is 0.104. The van der Waals surface area contributed by atoms with Gasteiger partial charge in [0, 0.05) is 28.6 Å². The molecule has 1 aliphatic rings. The average molecular weight is 450 g/mol. The fraction of sp³-hybridized carbons (Fsp3) is 0.107. The van der Waals surface area contributed by atoms with Gasteiger partial charge in [0.05, 0.1) is 12.2 Å². The lowest BCUT2D eigenvalue weighted by Gasteiger charge is -2.13. The molecule has 34 heavy (non-hydrogen) atoms. The van der Waals surface area contributed by atoms with Gasteiger partial charge in [-0.3, -0.25) is 9.69 Å². The number of hydrogen-bond acceptors (Lipinski definition) is 4. The number of carbonyl (C=O) groups excluding carboxylic acids is 2. The number of cyclic esters (lactones) is 1. The largest absolute Gasteiger partial charge is 0.447 e. The maximum atomic E-state index is 13.0. The molecule has 1 amide bonds. The number of rotatable bonds is 6. The summed E-state index contributed by atoms with van der Waals surface area (Å²) >= 11 is 0. The molecular weight excluding hydrogens is 426 g/mol. The highest BCUT2D eigenvalue weighted by Gasteiger charge is 2.24. The van der Waals surface area contributed by atoms with E-state index >= 15 is 0 Å². The van der Waals surface area contributed by atoms with Crippen molar-refractivity contribution in [2.45, 2.75) is 6.92 Å². The van der Waals surface area contributed by atoms with E-state index in [2.05, 4.69) is 0 Å². The molecule has 168 valence electrons. The second-order valence-corrected chi connectivity index (χ2v) is 8.04. The van der Waals surface area contributed by atoms with Crippen LogP contribution in [-0.4, -0.2) is 34.8 Å². The van der Waals surface area contributed by atoms with Crippen LogP contribution >= 0.6 is 0 Å². The minimum Gasteiger partial charge on any atom is -0.447 e. The number of aromatic nitrogens is 2. The van der Waals surface area contributed by atoms with Crippen molar-refractivity contribution in [1.82, 2.24) is 9.78 Å². The molecule has 6 nitrogen and oxygen atoms in total. The first-order valence-electron chi connectivity index (χ1n) is 11.1. The molecule has 1 saturated heterocycles. The van der Waals surface area contributed by atoms with Crippen LogP contribution in [0.3, 0.4) is 0 Å². The Labute approximate surface area is 197 Å². The van der Waals surface area contributed by atoms with Crippen LogP contribution < -0.4 is 4.90 Å². The van der Waals surface area contributed by atoms with Gasteiger partial charge in [-0.1, -0.05) is 54.6 Å². The predicted octanol–water partition coefficient (Wildman–Crippen LogP) is 5.70. The van der Waals surface area contributed by atoms with Crippen LogP contribution in [-0.2, 0) is 4.74 Å². The first kappa shape index (κ1) is 21.4. The summed E-state index contributed by atoms with van der Waals surface area (Å²) in [6.07, 6.45) is 4.89. The van der Waals surface area contributed by atoms with Crippen LogP contribution in [0.25, 0.3) is 23.0 Å². The zero-order valence-electron chi connectivity index (χ0n) is 18.7. The van der Waals surface area contributed by atoms with E-state index in [-0.39, 0.29) is 5.78 Å². The summed E-state index contributed by atoms with van der Waals surface area (Å²) in [4.78, 5) is 26.4. The van der Waals surface area contributed by atoms with Crippen LogP contribution in [0.15, 0.2) is 91.1 Å². The van der Waals surface area contributed by atoms with Gasteiger partial charge in [-0.2, -0.15) is 5.10 Å². The molecule has 1 aliphatic heterocycles. The van der Waals surface area contributed by atoms with E-state index < -0.39 is 6.09 Å². The summed E-state index contributed by atoms with van der Waals surface area (Å²) in [6, 6.07) is 25.0. The Bertz CT molecular complexity index is 1390. The Morgan fingerprint density at radius 2 is 1.74 bits per heavy atom. The van der Waals surface area contributed by atoms with Gasteiger partial charge in [-0.05, 0) is 48.9 Å². The number of carbonyl (C=O) groups is 2. The number of aryl methyl sites for hydroxylation is 1. The predicted molar refractivity (Wildman–Crippen MR) is 132 cm³/mol. The monoisotopic (exact) mass is 449 g/mol. The first-order valence-corrected chi connectivity index (χ1v) is 11.1. The zero-order valence-corrected chi connectivity index (χ0v) is 18.7. The minimum absolute atomic E-state index is 0.155. The topological polar surface area (TPSA) is 64.4 Å². The van der Waals surface area contributed by atoms with Gasteiger partial charge in [0.15, 0.2) is 5.78 Å². The normalized spacial score (nSPS) is 13.4. The molecule has 0 bridgehead atoms. The Morgan fingerprint density at radius 1 is 0.971 bits per heavy atom. The third-order valence-corrected chi connectivity index (χ3v) is 5.78. The smallest absolute Gasteiger partial charge is 0.414 e. The quantitative estimate of drug-likeness (QED) is 0.280. The van der Waals surface area contributed by atoms with Crippen molar-refractivity contribution in [2.75, 3.05) is 18.1 Å². The minimum atomic E-state index is -0.392. The number of para-hydroxylation sites is 1. The highest BCUT2D eigenvalue weighted by molar-refractivity contribution is 6.08. The Kier molecular flexibility index (Phi) is 5.79. The Balaban J connectivity index is 1.48. The number of amides is 1. The van der Waals surface area contributed by atoms with E-state index in [0.29, 0.717) is 24.4 Å². The summed E-state index contributed by atoms with van der Waals surface area (Å²) in [7, 11) is 0. The summed E-state index contributed by atoms with van der Waals surface area (Å²) in [6.45, 7) is 2.87. The molecule has 0 saturated carbocycles. The van der Waals surface area contributed by atoms with E-state index in [1.165, 1.54) is 4.90 Å². The summed E-state index contributed by atoms with van der Waals surface area (Å²) in [5.74, 6) is -0.155. The summed E-state index contributed by atoms with van der Waals surface area (Å²) in [5, 5.41) is 4.83. The average Bonchev–Trinajstić information content (AvgIpc) is 3.50. The molecule has 1 aromatic heterocycles. The number of benzene rings is 3. The molecule has 0 unspecified atom stereocenters. The first-order chi connectivity index (χ1) is 16.6. The fourth-order valence-electron chi connectivity index (χ4n) is 3.99. The van der Waals surface area contributed by atoms with E-state index in [0.717, 1.165) is 28.1 Å². The molecule has 0 spiro atoms. The van der Waals surface area contributed by atoms with Crippen molar-refractivity contribution in [3.05, 3.63) is 108 Å². The highest BCUT2D eigenvalue weighted by atomic mass is 16.6. The third kappa shape index (κ3) is 4.26. The van der Waals surface area contributed by atoms with Crippen LogP contribution in [0.5, 0.6) is 0 Å². The zero-order chi connectivity index (χ0) is 23.5. The van der Waals surface area contributed by atoms with Crippen molar-refractivity contribution in [2.24, 2.45) is 0 Å². The van der Waals surface area contributed by atoms with Crippen molar-refractivity contribution >= 4 is 23.6 Å². The van der Waals surface area contributed by atoms with Crippen LogP contribution in [0.1, 0.15) is 21.5 Å². The van der Waals surface area contributed by atoms with E-state index in [4.69, 9.17) is 9.84 Å². The van der Waals surface area contributed by atoms with Gasteiger partial charge in [0.1, 0.15) is 12.3 Å². The van der Waals surface area contributed by atoms with E-state index in [9.17, 15) is 9.59 Å². The van der Waals surface area contributed by atoms with Gasteiger partial charge >= 0.3 is 6.09 Å². The third-order valence-electron chi connectivity index (χ3n) is 5.78. The number of hydrogen-bond donors (Lipinski definition) is 0. The Morgan fingerprint density at radius 3 is 2.50 bits per heavy atom. The standard InChI is InChI=1S/C28H23N3O3/c1-20-8-5-6-13-25(20)27-22(19-31(29-27)23-10-3-2-4-11-23)14-15-26(32)21-9-7-12-24(18-21)30-16-17-34-28(30)33/h2-15,18-19H,16-17H2,1H3. The maximum Gasteiger partial charge on any atom is 0.414 e. The highest BCUT2D eigenvalue weighted by Crippen LogP contribution is 2.28. The van der Waals surface area contributed by atoms with Gasteiger partial charge in [-0.25, -0.2) is 9.48 Å². The number of nitrogens with zero attached hydrogens (tertiary/aromatic N) is 3. The molecule has 3 aromatic carbocycles. The number of anilines is 1. The fourth-order valence-corrected chi connectivity index (χ4v) is 3.99. The van der Waals surface area contributed by atoms with Crippen LogP contribution in [0, 0.1) is 6.92 Å². The maximum absolute atomic E-state index is 13.0. The molecule has 5 rings (SSSR count). The molecule has 2 heterocycles. The van der Waals surface area contributed by atoms with Gasteiger partial charge in [0.25, 0.3) is 0 Å². The lowest BCUT2D eigenvalue weighted by Crippen LogP contribution is -2.23. The second-order valence-electron chi connectivity index (χ2n) is 8.04. The molecule has 0 aliphatic carbocycles. The SMILES string of the molecule is Cc1ccccc1-c1nn(-c2ccccc2)cc1C=CC(=O)c1cccc(N2CCOC2=O)c1. The molecule has 0 radical (unpaired) electrons. The molecule has 0 atom stereocenters. The van der Waals surface area contributed by atoms with Gasteiger partial charge in [-0.15, -0.1) is 0 Å². The molecule has 0 N–H and O–H groups in total. The van der Waals surface area contributed by atoms with Gasteiger partial charge < -0.3 is 4.74 Å². The summed E-state index contributed by atoms with van der Waals surface area (Å²) in [5.41, 5.74) is 5.85.